The van der Waals surface area contributed by atoms with Gasteiger partial charge >= 0.3 is 0 Å². The molecule has 0 unspecified atom stereocenters. The highest BCUT2D eigenvalue weighted by Crippen LogP contribution is 2.12. The summed E-state index contributed by atoms with van der Waals surface area (Å²) in [5.41, 5.74) is 4.16. The molecule has 0 radical (unpaired) electrons. The molecule has 2 rings (SSSR count). The van der Waals surface area contributed by atoms with Crippen molar-refractivity contribution in [2.24, 2.45) is 7.05 Å². The number of piperazine rings is 1. The summed E-state index contributed by atoms with van der Waals surface area (Å²) in [7, 11) is 4.35. The minimum Gasteiger partial charge on any atom is -0.352 e. The van der Waals surface area contributed by atoms with Gasteiger partial charge in [-0.2, -0.15) is 0 Å². The van der Waals surface area contributed by atoms with Crippen molar-refractivity contribution in [3.63, 3.8) is 0 Å². The van der Waals surface area contributed by atoms with E-state index in [1.165, 1.54) is 56.1 Å². The first-order valence-corrected chi connectivity index (χ1v) is 7.81. The monoisotopic (exact) mass is 278 g/mol. The number of rotatable bonds is 6. The number of hydrogen-bond donors (Lipinski definition) is 1. The first kappa shape index (κ1) is 15.5. The second kappa shape index (κ2) is 7.25. The first-order valence-electron chi connectivity index (χ1n) is 7.81. The van der Waals surface area contributed by atoms with Crippen molar-refractivity contribution in [3.8, 4) is 0 Å². The van der Waals surface area contributed by atoms with E-state index in [1.54, 1.807) is 0 Å². The first-order chi connectivity index (χ1) is 9.58. The number of nitrogens with zero attached hydrogens (tertiary/aromatic N) is 3. The summed E-state index contributed by atoms with van der Waals surface area (Å²) in [5, 5.41) is 3.58. The summed E-state index contributed by atoms with van der Waals surface area (Å²) >= 11 is 0. The normalized spacial score (nSPS) is 17.8. The Labute approximate surface area is 123 Å². The zero-order valence-electron chi connectivity index (χ0n) is 13.6. The molecule has 114 valence electrons. The van der Waals surface area contributed by atoms with E-state index in [0.717, 1.165) is 13.1 Å². The topological polar surface area (TPSA) is 23.4 Å². The average Bonchev–Trinajstić information content (AvgIpc) is 2.68. The summed E-state index contributed by atoms with van der Waals surface area (Å²) in [4.78, 5) is 4.99. The van der Waals surface area contributed by atoms with Gasteiger partial charge in [-0.05, 0) is 52.0 Å². The Morgan fingerprint density at radius 2 is 1.80 bits per heavy atom. The Kier molecular flexibility index (Phi) is 5.64. The third-order valence-corrected chi connectivity index (χ3v) is 4.62. The molecule has 20 heavy (non-hydrogen) atoms. The van der Waals surface area contributed by atoms with E-state index >= 15 is 0 Å². The van der Waals surface area contributed by atoms with E-state index < -0.39 is 0 Å². The van der Waals surface area contributed by atoms with Crippen LogP contribution in [0.3, 0.4) is 0 Å². The van der Waals surface area contributed by atoms with Gasteiger partial charge in [-0.1, -0.05) is 0 Å². The number of aryl methyl sites for hydroxylation is 1. The molecule has 4 heteroatoms. The molecule has 0 amide bonds. The molecular weight excluding hydrogens is 248 g/mol. The van der Waals surface area contributed by atoms with Gasteiger partial charge in [0.05, 0.1) is 0 Å². The fourth-order valence-electron chi connectivity index (χ4n) is 2.83. The molecule has 1 aliphatic heterocycles. The molecule has 0 spiro atoms. The zero-order chi connectivity index (χ0) is 14.5. The van der Waals surface area contributed by atoms with Gasteiger partial charge in [-0.25, -0.2) is 0 Å². The van der Waals surface area contributed by atoms with Gasteiger partial charge in [0.1, 0.15) is 0 Å². The molecule has 1 fully saturated rings. The molecule has 0 atom stereocenters. The Morgan fingerprint density at radius 1 is 1.10 bits per heavy atom. The SMILES string of the molecule is Cc1cc(CNCCCN2CCN(C)CC2)c(C)n1C. The van der Waals surface area contributed by atoms with E-state index in [2.05, 4.69) is 53.7 Å². The van der Waals surface area contributed by atoms with Crippen LogP contribution >= 0.6 is 0 Å². The van der Waals surface area contributed by atoms with Crippen LogP contribution in [-0.2, 0) is 13.6 Å². The van der Waals surface area contributed by atoms with Gasteiger partial charge in [0.25, 0.3) is 0 Å². The molecule has 2 heterocycles. The van der Waals surface area contributed by atoms with Crippen LogP contribution < -0.4 is 5.32 Å². The molecule has 0 bridgehead atoms. The summed E-state index contributed by atoms with van der Waals surface area (Å²) in [5.74, 6) is 0. The van der Waals surface area contributed by atoms with E-state index in [1.807, 2.05) is 0 Å². The quantitative estimate of drug-likeness (QED) is 0.795. The number of likely N-dealkylation sites (N-methyl/N-ethyl adjacent to an activating group) is 1. The van der Waals surface area contributed by atoms with Crippen LogP contribution in [0.25, 0.3) is 0 Å². The van der Waals surface area contributed by atoms with Crippen LogP contribution in [0, 0.1) is 13.8 Å². The smallest absolute Gasteiger partial charge is 0.0223 e. The highest BCUT2D eigenvalue weighted by Gasteiger charge is 2.12. The van der Waals surface area contributed by atoms with Crippen molar-refractivity contribution >= 4 is 0 Å². The van der Waals surface area contributed by atoms with E-state index in [4.69, 9.17) is 0 Å². The predicted octanol–water partition coefficient (Wildman–Crippen LogP) is 1.37. The van der Waals surface area contributed by atoms with Crippen LogP contribution in [0.15, 0.2) is 6.07 Å². The third kappa shape index (κ3) is 4.08. The van der Waals surface area contributed by atoms with Gasteiger partial charge in [0, 0.05) is 51.2 Å². The maximum Gasteiger partial charge on any atom is 0.0223 e. The molecule has 1 aromatic heterocycles. The van der Waals surface area contributed by atoms with Crippen molar-refractivity contribution in [1.82, 2.24) is 19.7 Å². The van der Waals surface area contributed by atoms with Gasteiger partial charge in [-0.15, -0.1) is 0 Å². The average molecular weight is 278 g/mol. The molecule has 1 N–H and O–H groups in total. The molecule has 1 saturated heterocycles. The minimum absolute atomic E-state index is 0.996. The standard InChI is InChI=1S/C16H30N4/c1-14-12-16(15(2)19(14)4)13-17-6-5-7-20-10-8-18(3)9-11-20/h12,17H,5-11,13H2,1-4H3. The van der Waals surface area contributed by atoms with E-state index in [9.17, 15) is 0 Å². The molecule has 1 aliphatic rings. The minimum atomic E-state index is 0.996. The van der Waals surface area contributed by atoms with Gasteiger partial charge < -0.3 is 19.7 Å². The Balaban J connectivity index is 1.61. The molecule has 4 nitrogen and oxygen atoms in total. The third-order valence-electron chi connectivity index (χ3n) is 4.62. The van der Waals surface area contributed by atoms with Crippen molar-refractivity contribution < 1.29 is 0 Å². The molecular formula is C16H30N4. The van der Waals surface area contributed by atoms with Crippen LogP contribution in [0.2, 0.25) is 0 Å². The Morgan fingerprint density at radius 3 is 2.40 bits per heavy atom. The van der Waals surface area contributed by atoms with E-state index in [0.29, 0.717) is 0 Å². The summed E-state index contributed by atoms with van der Waals surface area (Å²) in [6.45, 7) is 12.6. The lowest BCUT2D eigenvalue weighted by atomic mass is 10.2. The largest absolute Gasteiger partial charge is 0.352 e. The van der Waals surface area contributed by atoms with E-state index in [-0.39, 0.29) is 0 Å². The predicted molar refractivity (Wildman–Crippen MR) is 85.1 cm³/mol. The van der Waals surface area contributed by atoms with Crippen LogP contribution in [-0.4, -0.2) is 60.7 Å². The Hall–Kier alpha value is -0.840. The fourth-order valence-corrected chi connectivity index (χ4v) is 2.83. The van der Waals surface area contributed by atoms with Crippen LogP contribution in [0.1, 0.15) is 23.4 Å². The number of hydrogen-bond acceptors (Lipinski definition) is 3. The van der Waals surface area contributed by atoms with Gasteiger partial charge in [0.2, 0.25) is 0 Å². The second-order valence-electron chi connectivity index (χ2n) is 6.13. The lowest BCUT2D eigenvalue weighted by molar-refractivity contribution is 0.153. The summed E-state index contributed by atoms with van der Waals surface area (Å²) in [6, 6.07) is 2.29. The van der Waals surface area contributed by atoms with Crippen molar-refractivity contribution in [2.75, 3.05) is 46.3 Å². The second-order valence-corrected chi connectivity index (χ2v) is 6.13. The summed E-state index contributed by atoms with van der Waals surface area (Å²) in [6.07, 6.45) is 1.24. The van der Waals surface area contributed by atoms with Crippen LogP contribution in [0.4, 0.5) is 0 Å². The zero-order valence-corrected chi connectivity index (χ0v) is 13.6. The summed E-state index contributed by atoms with van der Waals surface area (Å²) < 4.78 is 2.27. The Bertz CT molecular complexity index is 416. The van der Waals surface area contributed by atoms with Crippen LogP contribution in [0.5, 0.6) is 0 Å². The van der Waals surface area contributed by atoms with Gasteiger partial charge in [0.15, 0.2) is 0 Å². The highest BCUT2D eigenvalue weighted by molar-refractivity contribution is 5.26. The lowest BCUT2D eigenvalue weighted by Gasteiger charge is -2.32. The van der Waals surface area contributed by atoms with Crippen molar-refractivity contribution in [1.29, 1.82) is 0 Å². The molecule has 0 aromatic carbocycles. The maximum absolute atomic E-state index is 3.58. The molecule has 0 aliphatic carbocycles. The van der Waals surface area contributed by atoms with Crippen molar-refractivity contribution in [2.45, 2.75) is 26.8 Å². The number of aromatic nitrogens is 1. The fraction of sp³-hybridized carbons (Fsp3) is 0.750. The molecule has 1 aromatic rings. The lowest BCUT2D eigenvalue weighted by Crippen LogP contribution is -2.45. The number of nitrogens with one attached hydrogen (secondary N) is 1. The van der Waals surface area contributed by atoms with Crippen molar-refractivity contribution in [3.05, 3.63) is 23.0 Å². The highest BCUT2D eigenvalue weighted by atomic mass is 15.2. The van der Waals surface area contributed by atoms with Gasteiger partial charge in [-0.3, -0.25) is 0 Å². The molecule has 0 saturated carbocycles. The maximum atomic E-state index is 3.58.